The van der Waals surface area contributed by atoms with Crippen LogP contribution in [0.5, 0.6) is 0 Å². The topological polar surface area (TPSA) is 67.4 Å². The maximum atomic E-state index is 9.50. The van der Waals surface area contributed by atoms with E-state index in [0.29, 0.717) is 11.5 Å². The number of fused-ring (bicyclic) bond motifs is 15. The summed E-state index contributed by atoms with van der Waals surface area (Å²) >= 11 is 0. The molecule has 0 radical (unpaired) electrons. The summed E-state index contributed by atoms with van der Waals surface area (Å²) in [6.07, 6.45) is 3.81. The van der Waals surface area contributed by atoms with Gasteiger partial charge >= 0.3 is 0 Å². The van der Waals surface area contributed by atoms with Crippen LogP contribution in [-0.4, -0.2) is 19.5 Å². The first kappa shape index (κ1) is 27.3. The number of rotatable bonds is 2. The first-order chi connectivity index (χ1) is 24.8. The minimum atomic E-state index is 0.287. The number of hydrogen-bond donors (Lipinski definition) is 0. The second-order valence-corrected chi connectivity index (χ2v) is 13.4. The van der Waals surface area contributed by atoms with Gasteiger partial charge in [0.25, 0.3) is 0 Å². The molecule has 2 aliphatic carbocycles. The molecule has 0 unspecified atom stereocenters. The Bertz CT molecular complexity index is 2950. The smallest absolute Gasteiger partial charge is 0.235 e. The number of pyridine rings is 1. The van der Waals surface area contributed by atoms with Crippen molar-refractivity contribution in [3.05, 3.63) is 156 Å². The molecule has 3 heterocycles. The predicted molar refractivity (Wildman–Crippen MR) is 200 cm³/mol. The average Bonchev–Trinajstić information content (AvgIpc) is 3.28. The largest absolute Gasteiger partial charge is 0.277 e. The highest BCUT2D eigenvalue weighted by atomic mass is 15.2. The van der Waals surface area contributed by atoms with Gasteiger partial charge < -0.3 is 0 Å². The Kier molecular flexibility index (Phi) is 5.56. The molecule has 0 saturated carbocycles. The van der Waals surface area contributed by atoms with Gasteiger partial charge in [-0.05, 0) is 93.4 Å². The van der Waals surface area contributed by atoms with Crippen LogP contribution in [0.4, 0.5) is 0 Å². The number of para-hydroxylation sites is 1. The molecule has 232 valence electrons. The molecule has 0 N–H and O–H groups in total. The van der Waals surface area contributed by atoms with Crippen molar-refractivity contribution in [1.29, 1.82) is 5.26 Å². The normalized spacial score (nSPS) is 14.4. The first-order valence-corrected chi connectivity index (χ1v) is 17.1. The second-order valence-electron chi connectivity index (χ2n) is 13.4. The van der Waals surface area contributed by atoms with E-state index in [1.807, 2.05) is 36.4 Å². The molecular weight excluding hydrogens is 611 g/mol. The fourth-order valence-corrected chi connectivity index (χ4v) is 8.77. The molecule has 5 heteroatoms. The fraction of sp³-hybridized carbons (Fsp3) is 0.0667. The molecule has 2 bridgehead atoms. The first-order valence-electron chi connectivity index (χ1n) is 17.1. The quantitative estimate of drug-likeness (QED) is 0.189. The van der Waals surface area contributed by atoms with Gasteiger partial charge in [-0.25, -0.2) is 9.97 Å². The zero-order chi connectivity index (χ0) is 32.9. The number of aromatic nitrogens is 4. The Balaban J connectivity index is 1.35. The highest BCUT2D eigenvalue weighted by Gasteiger charge is 2.35. The van der Waals surface area contributed by atoms with Crippen molar-refractivity contribution < 1.29 is 0 Å². The molecule has 1 atom stereocenters. The van der Waals surface area contributed by atoms with Crippen LogP contribution in [0.15, 0.2) is 134 Å². The fourth-order valence-electron chi connectivity index (χ4n) is 8.77. The molecule has 9 aromatic rings. The lowest BCUT2D eigenvalue weighted by Crippen LogP contribution is -2.07. The lowest BCUT2D eigenvalue weighted by Gasteiger charge is -2.26. The number of nitriles is 1. The molecule has 0 aliphatic heterocycles. The van der Waals surface area contributed by atoms with Gasteiger partial charge in [0, 0.05) is 34.0 Å². The van der Waals surface area contributed by atoms with E-state index in [1.165, 1.54) is 60.5 Å². The van der Waals surface area contributed by atoms with Gasteiger partial charge in [0.15, 0.2) is 0 Å². The standard InChI is InChI=1S/C45H27N5/c46-25-26-15-17-28(18-16-26)42-43-38(13-7-23-47-43)48-45(49-42)50-39-14-6-5-12-33(39)37-24-36-31-11-4-3-10-30(31)32-21-22-35(36)41(44(37)50)40-29-9-2-1-8-27(29)19-20-34(32)40/h1-20,23-24,32H,21-22H2/t32-/m1/s1. The van der Waals surface area contributed by atoms with Crippen LogP contribution >= 0.6 is 0 Å². The van der Waals surface area contributed by atoms with Crippen molar-refractivity contribution in [1.82, 2.24) is 19.5 Å². The van der Waals surface area contributed by atoms with E-state index >= 15 is 0 Å². The Morgan fingerprint density at radius 3 is 2.40 bits per heavy atom. The summed E-state index contributed by atoms with van der Waals surface area (Å²) in [7, 11) is 0. The summed E-state index contributed by atoms with van der Waals surface area (Å²) in [4.78, 5) is 15.3. The van der Waals surface area contributed by atoms with Crippen LogP contribution in [-0.2, 0) is 6.42 Å². The maximum absolute atomic E-state index is 9.50. The van der Waals surface area contributed by atoms with E-state index in [2.05, 4.69) is 102 Å². The monoisotopic (exact) mass is 637 g/mol. The van der Waals surface area contributed by atoms with Gasteiger partial charge in [0.2, 0.25) is 5.95 Å². The highest BCUT2D eigenvalue weighted by molar-refractivity contribution is 6.19. The summed E-state index contributed by atoms with van der Waals surface area (Å²) in [6, 6.07) is 47.4. The zero-order valence-corrected chi connectivity index (χ0v) is 26.9. The van der Waals surface area contributed by atoms with Crippen molar-refractivity contribution in [2.24, 2.45) is 0 Å². The van der Waals surface area contributed by atoms with E-state index in [4.69, 9.17) is 15.0 Å². The molecule has 2 aliphatic rings. The van der Waals surface area contributed by atoms with Crippen LogP contribution in [0.25, 0.3) is 83.1 Å². The minimum absolute atomic E-state index is 0.287. The highest BCUT2D eigenvalue weighted by Crippen LogP contribution is 2.55. The summed E-state index contributed by atoms with van der Waals surface area (Å²) in [6.45, 7) is 0. The molecule has 0 spiro atoms. The van der Waals surface area contributed by atoms with Gasteiger partial charge in [-0.15, -0.1) is 0 Å². The van der Waals surface area contributed by atoms with Gasteiger partial charge in [0.1, 0.15) is 11.2 Å². The molecule has 5 nitrogen and oxygen atoms in total. The van der Waals surface area contributed by atoms with Crippen molar-refractivity contribution >= 4 is 43.6 Å². The van der Waals surface area contributed by atoms with Gasteiger partial charge in [0.05, 0.1) is 28.2 Å². The van der Waals surface area contributed by atoms with E-state index in [1.54, 1.807) is 6.20 Å². The summed E-state index contributed by atoms with van der Waals surface area (Å²) < 4.78 is 2.30. The number of hydrogen-bond acceptors (Lipinski definition) is 4. The van der Waals surface area contributed by atoms with Crippen molar-refractivity contribution in [3.63, 3.8) is 0 Å². The zero-order valence-electron chi connectivity index (χ0n) is 26.9. The van der Waals surface area contributed by atoms with Gasteiger partial charge in [-0.3, -0.25) is 9.55 Å². The molecule has 0 fully saturated rings. The second kappa shape index (κ2) is 10.2. The Labute approximate surface area is 287 Å². The predicted octanol–water partition coefficient (Wildman–Crippen LogP) is 10.5. The van der Waals surface area contributed by atoms with Gasteiger partial charge in [-0.2, -0.15) is 5.26 Å². The van der Waals surface area contributed by atoms with E-state index in [9.17, 15) is 5.26 Å². The van der Waals surface area contributed by atoms with E-state index in [0.717, 1.165) is 46.2 Å². The van der Waals surface area contributed by atoms with Crippen molar-refractivity contribution in [2.45, 2.75) is 18.8 Å². The lowest BCUT2D eigenvalue weighted by atomic mass is 9.78. The third-order valence-electron chi connectivity index (χ3n) is 10.9. The van der Waals surface area contributed by atoms with Crippen LogP contribution in [0, 0.1) is 11.3 Å². The van der Waals surface area contributed by atoms with Crippen LogP contribution < -0.4 is 0 Å². The molecular formula is C45H27N5. The van der Waals surface area contributed by atoms with E-state index in [-0.39, 0.29) is 5.92 Å². The average molecular weight is 638 g/mol. The Morgan fingerprint density at radius 2 is 1.50 bits per heavy atom. The molecule has 0 saturated heterocycles. The van der Waals surface area contributed by atoms with Crippen molar-refractivity contribution in [3.8, 4) is 45.5 Å². The molecule has 50 heavy (non-hydrogen) atoms. The molecule has 0 amide bonds. The lowest BCUT2D eigenvalue weighted by molar-refractivity contribution is 0.736. The van der Waals surface area contributed by atoms with Crippen molar-refractivity contribution in [2.75, 3.05) is 0 Å². The maximum Gasteiger partial charge on any atom is 0.235 e. The molecule has 6 aromatic carbocycles. The van der Waals surface area contributed by atoms with Crippen LogP contribution in [0.3, 0.4) is 0 Å². The summed E-state index contributed by atoms with van der Waals surface area (Å²) in [5.41, 5.74) is 15.4. The summed E-state index contributed by atoms with van der Waals surface area (Å²) in [5.74, 6) is 0.889. The minimum Gasteiger partial charge on any atom is -0.277 e. The molecule has 3 aromatic heterocycles. The molecule has 11 rings (SSSR count). The Hall–Kier alpha value is -6.64. The van der Waals surface area contributed by atoms with E-state index < -0.39 is 0 Å². The van der Waals surface area contributed by atoms with Gasteiger partial charge in [-0.1, -0.05) is 91.0 Å². The summed E-state index contributed by atoms with van der Waals surface area (Å²) in [5, 5.41) is 14.4. The van der Waals surface area contributed by atoms with Crippen LogP contribution in [0.2, 0.25) is 0 Å². The third-order valence-corrected chi connectivity index (χ3v) is 10.9. The van der Waals surface area contributed by atoms with Crippen LogP contribution in [0.1, 0.15) is 34.6 Å². The third kappa shape index (κ3) is 3.68. The SMILES string of the molecule is N#Cc1ccc(-c2nc(-n3c4ccccc4c4cc5c6c(c43)-c3c(ccc4ccccc34)[C@H](CC6)c3ccccc3-5)nc3cccnc23)cc1. The Morgan fingerprint density at radius 1 is 0.680 bits per heavy atom. The number of benzene rings is 6. The number of nitrogens with zero attached hydrogens (tertiary/aromatic N) is 5.